The van der Waals surface area contributed by atoms with Crippen molar-refractivity contribution >= 4 is 17.5 Å². The van der Waals surface area contributed by atoms with E-state index < -0.39 is 0 Å². The van der Waals surface area contributed by atoms with Gasteiger partial charge in [0.1, 0.15) is 18.1 Å². The van der Waals surface area contributed by atoms with Crippen LogP contribution in [0.25, 0.3) is 0 Å². The van der Waals surface area contributed by atoms with E-state index in [0.29, 0.717) is 23.9 Å². The Labute approximate surface area is 123 Å². The number of hydrogen-bond acceptors (Lipinski definition) is 2. The van der Waals surface area contributed by atoms with Crippen LogP contribution in [0.4, 0.5) is 0 Å². The van der Waals surface area contributed by atoms with Crippen molar-refractivity contribution in [2.75, 3.05) is 13.2 Å². The van der Waals surface area contributed by atoms with E-state index >= 15 is 0 Å². The zero-order valence-electron chi connectivity index (χ0n) is 11.5. The number of aromatic nitrogens is 1. The molecule has 106 valence electrons. The molecule has 1 amide bonds. The average Bonchev–Trinajstić information content (AvgIpc) is 2.84. The van der Waals surface area contributed by atoms with Crippen molar-refractivity contribution in [1.29, 1.82) is 0 Å². The van der Waals surface area contributed by atoms with Gasteiger partial charge in [-0.25, -0.2) is 0 Å². The molecule has 1 aromatic heterocycles. The number of halogens is 1. The maximum Gasteiger partial charge on any atom is 0.267 e. The summed E-state index contributed by atoms with van der Waals surface area (Å²) in [5.41, 5.74) is 2.63. The Balaban J connectivity index is 1.81. The highest BCUT2D eigenvalue weighted by molar-refractivity contribution is 6.30. The Morgan fingerprint density at radius 3 is 2.65 bits per heavy atom. The fourth-order valence-electron chi connectivity index (χ4n) is 1.94. The van der Waals surface area contributed by atoms with Crippen LogP contribution in [-0.4, -0.2) is 24.0 Å². The second kappa shape index (κ2) is 6.48. The third kappa shape index (κ3) is 3.54. The first-order valence-electron chi connectivity index (χ1n) is 6.39. The standard InChI is InChI=1S/C15H17ClN2O2/c1-10-4-3-5-11(2)14(10)20-7-6-17-15(19)13-8-12(16)9-18-13/h3-5,8-9,18H,6-7H2,1-2H3,(H,17,19). The summed E-state index contributed by atoms with van der Waals surface area (Å²) in [6.07, 6.45) is 1.57. The lowest BCUT2D eigenvalue weighted by Crippen LogP contribution is -2.28. The van der Waals surface area contributed by atoms with Crippen LogP contribution in [0.15, 0.2) is 30.5 Å². The number of carbonyl (C=O) groups is 1. The normalized spacial score (nSPS) is 10.3. The van der Waals surface area contributed by atoms with Gasteiger partial charge in [-0.1, -0.05) is 29.8 Å². The molecule has 0 aliphatic rings. The van der Waals surface area contributed by atoms with Gasteiger partial charge < -0.3 is 15.0 Å². The summed E-state index contributed by atoms with van der Waals surface area (Å²) in [6.45, 7) is 4.86. The van der Waals surface area contributed by atoms with E-state index in [4.69, 9.17) is 16.3 Å². The lowest BCUT2D eigenvalue weighted by molar-refractivity contribution is 0.0942. The zero-order chi connectivity index (χ0) is 14.5. The average molecular weight is 293 g/mol. The number of H-pyrrole nitrogens is 1. The molecule has 0 atom stereocenters. The molecule has 0 aliphatic carbocycles. The molecule has 20 heavy (non-hydrogen) atoms. The highest BCUT2D eigenvalue weighted by atomic mass is 35.5. The van der Waals surface area contributed by atoms with Gasteiger partial charge in [-0.15, -0.1) is 0 Å². The number of para-hydroxylation sites is 1. The number of aryl methyl sites for hydroxylation is 2. The van der Waals surface area contributed by atoms with E-state index in [9.17, 15) is 4.79 Å². The SMILES string of the molecule is Cc1cccc(C)c1OCCNC(=O)c1cc(Cl)c[nH]1. The predicted molar refractivity (Wildman–Crippen MR) is 79.5 cm³/mol. The van der Waals surface area contributed by atoms with E-state index in [0.717, 1.165) is 16.9 Å². The van der Waals surface area contributed by atoms with Crippen molar-refractivity contribution < 1.29 is 9.53 Å². The lowest BCUT2D eigenvalue weighted by Gasteiger charge is -2.12. The third-order valence-electron chi connectivity index (χ3n) is 2.94. The number of aromatic amines is 1. The minimum absolute atomic E-state index is 0.193. The van der Waals surface area contributed by atoms with Crippen molar-refractivity contribution in [1.82, 2.24) is 10.3 Å². The summed E-state index contributed by atoms with van der Waals surface area (Å²) < 4.78 is 5.71. The summed E-state index contributed by atoms with van der Waals surface area (Å²) >= 11 is 5.74. The predicted octanol–water partition coefficient (Wildman–Crippen LogP) is 3.09. The quantitative estimate of drug-likeness (QED) is 0.832. The van der Waals surface area contributed by atoms with Crippen LogP contribution in [0.1, 0.15) is 21.6 Å². The number of benzene rings is 1. The minimum atomic E-state index is -0.193. The molecule has 2 rings (SSSR count). The number of hydrogen-bond donors (Lipinski definition) is 2. The van der Waals surface area contributed by atoms with Gasteiger partial charge in [-0.2, -0.15) is 0 Å². The fourth-order valence-corrected chi connectivity index (χ4v) is 2.10. The molecule has 0 spiro atoms. The number of amides is 1. The number of nitrogens with one attached hydrogen (secondary N) is 2. The van der Waals surface area contributed by atoms with Crippen molar-refractivity contribution in [2.24, 2.45) is 0 Å². The van der Waals surface area contributed by atoms with Crippen molar-refractivity contribution in [2.45, 2.75) is 13.8 Å². The number of carbonyl (C=O) groups excluding carboxylic acids is 1. The highest BCUT2D eigenvalue weighted by Crippen LogP contribution is 2.21. The molecular formula is C15H17ClN2O2. The maximum absolute atomic E-state index is 11.7. The molecular weight excluding hydrogens is 276 g/mol. The zero-order valence-corrected chi connectivity index (χ0v) is 12.3. The smallest absolute Gasteiger partial charge is 0.267 e. The van der Waals surface area contributed by atoms with Crippen LogP contribution < -0.4 is 10.1 Å². The van der Waals surface area contributed by atoms with Crippen molar-refractivity contribution in [3.05, 3.63) is 52.3 Å². The minimum Gasteiger partial charge on any atom is -0.491 e. The van der Waals surface area contributed by atoms with Gasteiger partial charge in [-0.05, 0) is 31.0 Å². The van der Waals surface area contributed by atoms with E-state index in [2.05, 4.69) is 10.3 Å². The van der Waals surface area contributed by atoms with Gasteiger partial charge in [0.05, 0.1) is 11.6 Å². The molecule has 2 N–H and O–H groups in total. The molecule has 1 aromatic carbocycles. The van der Waals surface area contributed by atoms with Crippen LogP contribution in [0, 0.1) is 13.8 Å². The molecule has 5 heteroatoms. The van der Waals surface area contributed by atoms with Gasteiger partial charge in [0.15, 0.2) is 0 Å². The highest BCUT2D eigenvalue weighted by Gasteiger charge is 2.07. The second-order valence-electron chi connectivity index (χ2n) is 4.56. The summed E-state index contributed by atoms with van der Waals surface area (Å²) in [4.78, 5) is 14.5. The molecule has 0 bridgehead atoms. The van der Waals surface area contributed by atoms with Crippen LogP contribution in [0.5, 0.6) is 5.75 Å². The maximum atomic E-state index is 11.7. The van der Waals surface area contributed by atoms with E-state index in [1.807, 2.05) is 32.0 Å². The Kier molecular flexibility index (Phi) is 4.69. The van der Waals surface area contributed by atoms with Gasteiger partial charge >= 0.3 is 0 Å². The van der Waals surface area contributed by atoms with Crippen LogP contribution >= 0.6 is 11.6 Å². The molecule has 1 heterocycles. The van der Waals surface area contributed by atoms with Crippen LogP contribution in [0.3, 0.4) is 0 Å². The monoisotopic (exact) mass is 292 g/mol. The van der Waals surface area contributed by atoms with Gasteiger partial charge in [0.2, 0.25) is 0 Å². The molecule has 0 saturated heterocycles. The van der Waals surface area contributed by atoms with Gasteiger partial charge in [0, 0.05) is 6.20 Å². The first kappa shape index (κ1) is 14.5. The molecule has 0 aliphatic heterocycles. The number of ether oxygens (including phenoxy) is 1. The molecule has 2 aromatic rings. The third-order valence-corrected chi connectivity index (χ3v) is 3.15. The Morgan fingerprint density at radius 2 is 2.05 bits per heavy atom. The molecule has 0 saturated carbocycles. The van der Waals surface area contributed by atoms with Gasteiger partial charge in [0.25, 0.3) is 5.91 Å². The summed E-state index contributed by atoms with van der Waals surface area (Å²) in [7, 11) is 0. The summed E-state index contributed by atoms with van der Waals surface area (Å²) in [6, 6.07) is 7.58. The van der Waals surface area contributed by atoms with Crippen LogP contribution in [0.2, 0.25) is 5.02 Å². The van der Waals surface area contributed by atoms with Gasteiger partial charge in [-0.3, -0.25) is 4.79 Å². The fraction of sp³-hybridized carbons (Fsp3) is 0.267. The molecule has 0 fully saturated rings. The van der Waals surface area contributed by atoms with E-state index in [1.54, 1.807) is 12.3 Å². The molecule has 0 unspecified atom stereocenters. The summed E-state index contributed by atoms with van der Waals surface area (Å²) in [5, 5.41) is 3.28. The largest absolute Gasteiger partial charge is 0.491 e. The Morgan fingerprint density at radius 1 is 1.35 bits per heavy atom. The number of rotatable bonds is 5. The van der Waals surface area contributed by atoms with Crippen LogP contribution in [-0.2, 0) is 0 Å². The molecule has 4 nitrogen and oxygen atoms in total. The first-order valence-corrected chi connectivity index (χ1v) is 6.77. The molecule has 0 radical (unpaired) electrons. The van der Waals surface area contributed by atoms with Crippen molar-refractivity contribution in [3.63, 3.8) is 0 Å². The van der Waals surface area contributed by atoms with E-state index in [1.165, 1.54) is 0 Å². The van der Waals surface area contributed by atoms with E-state index in [-0.39, 0.29) is 5.91 Å². The Hall–Kier alpha value is -1.94. The Bertz CT molecular complexity index is 587. The first-order chi connectivity index (χ1) is 9.58. The topological polar surface area (TPSA) is 54.1 Å². The lowest BCUT2D eigenvalue weighted by atomic mass is 10.1. The second-order valence-corrected chi connectivity index (χ2v) is 4.99. The summed E-state index contributed by atoms with van der Waals surface area (Å²) in [5.74, 6) is 0.687. The van der Waals surface area contributed by atoms with Crippen molar-refractivity contribution in [3.8, 4) is 5.75 Å².